The molecule has 1 unspecified atom stereocenters. The first-order valence-electron chi connectivity index (χ1n) is 4.56. The average molecular weight is 197 g/mol. The Hall–Kier alpha value is -1.36. The zero-order chi connectivity index (χ0) is 10.6. The Morgan fingerprint density at radius 3 is 3.00 bits per heavy atom. The van der Waals surface area contributed by atoms with Crippen LogP contribution in [0, 0.1) is 0 Å². The molecular weight excluding hydrogens is 182 g/mol. The number of nitrogens with one attached hydrogen (secondary N) is 1. The van der Waals surface area contributed by atoms with E-state index in [0.717, 1.165) is 6.42 Å². The van der Waals surface area contributed by atoms with Crippen LogP contribution in [0.4, 0.5) is 5.69 Å². The molecule has 0 aliphatic carbocycles. The molecule has 0 aromatic carbocycles. The number of nitrogens with zero attached hydrogens (tertiary/aromatic N) is 1. The molecule has 1 amide bonds. The molecule has 0 saturated heterocycles. The number of anilines is 1. The smallest absolute Gasteiger partial charge is 0.244 e. The van der Waals surface area contributed by atoms with Gasteiger partial charge in [0.15, 0.2) is 0 Å². The molecule has 0 saturated carbocycles. The van der Waals surface area contributed by atoms with Gasteiger partial charge < -0.3 is 15.6 Å². The van der Waals surface area contributed by atoms with Crippen molar-refractivity contribution in [1.29, 1.82) is 0 Å². The summed E-state index contributed by atoms with van der Waals surface area (Å²) in [5.41, 5.74) is 5.51. The van der Waals surface area contributed by atoms with Crippen LogP contribution >= 0.6 is 0 Å². The Balaban J connectivity index is 2.57. The summed E-state index contributed by atoms with van der Waals surface area (Å²) >= 11 is 0. The van der Waals surface area contributed by atoms with Crippen LogP contribution in [0.25, 0.3) is 0 Å². The normalized spacial score (nSPS) is 14.8. The molecule has 1 aromatic heterocycles. The highest BCUT2D eigenvalue weighted by Crippen LogP contribution is 2.12. The van der Waals surface area contributed by atoms with E-state index in [-0.39, 0.29) is 5.91 Å². The molecule has 1 aromatic rings. The van der Waals surface area contributed by atoms with Crippen LogP contribution < -0.4 is 11.1 Å². The molecule has 0 radical (unpaired) electrons. The minimum Gasteiger partial charge on any atom is -0.363 e. The summed E-state index contributed by atoms with van der Waals surface area (Å²) < 4.78 is 4.58. The first-order valence-corrected chi connectivity index (χ1v) is 4.56. The minimum absolute atomic E-state index is 0.220. The third-order valence-electron chi connectivity index (χ3n) is 1.98. The lowest BCUT2D eigenvalue weighted by Gasteiger charge is -2.21. The van der Waals surface area contributed by atoms with Crippen LogP contribution in [-0.2, 0) is 4.79 Å². The molecule has 0 bridgehead atoms. The van der Waals surface area contributed by atoms with Gasteiger partial charge in [-0.05, 0) is 13.3 Å². The fourth-order valence-corrected chi connectivity index (χ4v) is 1.17. The molecule has 0 fully saturated rings. The zero-order valence-electron chi connectivity index (χ0n) is 8.41. The largest absolute Gasteiger partial charge is 0.363 e. The fraction of sp³-hybridized carbons (Fsp3) is 0.556. The number of carbonyl (C=O) groups is 1. The number of carbonyl (C=O) groups excluding carboxylic acids is 1. The van der Waals surface area contributed by atoms with Crippen molar-refractivity contribution in [2.24, 2.45) is 5.73 Å². The van der Waals surface area contributed by atoms with Gasteiger partial charge >= 0.3 is 0 Å². The van der Waals surface area contributed by atoms with Crippen molar-refractivity contribution < 1.29 is 9.32 Å². The van der Waals surface area contributed by atoms with E-state index in [9.17, 15) is 4.79 Å². The molecule has 0 aliphatic rings. The molecule has 1 heterocycles. The molecule has 1 atom stereocenters. The Bertz CT molecular complexity index is 293. The monoisotopic (exact) mass is 197 g/mol. The molecular formula is C9H15N3O2. The van der Waals surface area contributed by atoms with Gasteiger partial charge in [-0.1, -0.05) is 18.5 Å². The van der Waals surface area contributed by atoms with E-state index in [2.05, 4.69) is 15.0 Å². The predicted octanol–water partition coefficient (Wildman–Crippen LogP) is 1.13. The molecule has 0 spiro atoms. The van der Waals surface area contributed by atoms with Gasteiger partial charge in [0.1, 0.15) is 12.0 Å². The van der Waals surface area contributed by atoms with Crippen LogP contribution in [0.3, 0.4) is 0 Å². The number of hydrogen-bond donors (Lipinski definition) is 2. The highest BCUT2D eigenvalue weighted by molar-refractivity contribution is 5.97. The van der Waals surface area contributed by atoms with Gasteiger partial charge in [-0.2, -0.15) is 0 Å². The maximum atomic E-state index is 11.6. The Morgan fingerprint density at radius 2 is 2.50 bits per heavy atom. The van der Waals surface area contributed by atoms with Gasteiger partial charge in [-0.15, -0.1) is 0 Å². The SMILES string of the molecule is CCCC(C)(N)C(=O)Nc1cnoc1. The Morgan fingerprint density at radius 1 is 1.79 bits per heavy atom. The first kappa shape index (κ1) is 10.7. The quantitative estimate of drug-likeness (QED) is 0.758. The van der Waals surface area contributed by atoms with Gasteiger partial charge in [0.25, 0.3) is 0 Å². The van der Waals surface area contributed by atoms with Gasteiger partial charge in [0.2, 0.25) is 5.91 Å². The van der Waals surface area contributed by atoms with Crippen LogP contribution in [0.15, 0.2) is 17.0 Å². The van der Waals surface area contributed by atoms with E-state index in [1.807, 2.05) is 6.92 Å². The number of hydrogen-bond acceptors (Lipinski definition) is 4. The van der Waals surface area contributed by atoms with Gasteiger partial charge in [0.05, 0.1) is 11.7 Å². The maximum Gasteiger partial charge on any atom is 0.244 e. The summed E-state index contributed by atoms with van der Waals surface area (Å²) in [5.74, 6) is -0.220. The average Bonchev–Trinajstić information content (AvgIpc) is 2.56. The zero-order valence-corrected chi connectivity index (χ0v) is 8.41. The molecule has 3 N–H and O–H groups in total. The Kier molecular flexibility index (Phi) is 3.24. The van der Waals surface area contributed by atoms with E-state index >= 15 is 0 Å². The van der Waals surface area contributed by atoms with Crippen molar-refractivity contribution in [3.05, 3.63) is 12.5 Å². The van der Waals surface area contributed by atoms with Crippen LogP contribution in [0.2, 0.25) is 0 Å². The van der Waals surface area contributed by atoms with E-state index < -0.39 is 5.54 Å². The van der Waals surface area contributed by atoms with Crippen molar-refractivity contribution in [2.75, 3.05) is 5.32 Å². The van der Waals surface area contributed by atoms with Crippen molar-refractivity contribution in [2.45, 2.75) is 32.2 Å². The fourth-order valence-electron chi connectivity index (χ4n) is 1.17. The van der Waals surface area contributed by atoms with E-state index in [0.29, 0.717) is 12.1 Å². The molecule has 5 nitrogen and oxygen atoms in total. The van der Waals surface area contributed by atoms with Crippen molar-refractivity contribution in [3.8, 4) is 0 Å². The molecule has 1 rings (SSSR count). The van der Waals surface area contributed by atoms with Crippen LogP contribution in [0.5, 0.6) is 0 Å². The van der Waals surface area contributed by atoms with E-state index in [1.165, 1.54) is 12.5 Å². The standard InChI is InChI=1S/C9H15N3O2/c1-3-4-9(2,10)8(13)12-7-5-11-14-6-7/h5-6H,3-4,10H2,1-2H3,(H,12,13). The summed E-state index contributed by atoms with van der Waals surface area (Å²) in [4.78, 5) is 11.6. The summed E-state index contributed by atoms with van der Waals surface area (Å²) in [6, 6.07) is 0. The number of aromatic nitrogens is 1. The van der Waals surface area contributed by atoms with Gasteiger partial charge in [-0.25, -0.2) is 0 Å². The predicted molar refractivity (Wildman–Crippen MR) is 52.6 cm³/mol. The summed E-state index contributed by atoms with van der Waals surface area (Å²) in [7, 11) is 0. The van der Waals surface area contributed by atoms with E-state index in [4.69, 9.17) is 5.73 Å². The summed E-state index contributed by atoms with van der Waals surface area (Å²) in [6.07, 6.45) is 4.30. The summed E-state index contributed by atoms with van der Waals surface area (Å²) in [6.45, 7) is 3.69. The van der Waals surface area contributed by atoms with Crippen molar-refractivity contribution >= 4 is 11.6 Å². The first-order chi connectivity index (χ1) is 6.56. The van der Waals surface area contributed by atoms with Crippen LogP contribution in [0.1, 0.15) is 26.7 Å². The lowest BCUT2D eigenvalue weighted by Crippen LogP contribution is -2.48. The minimum atomic E-state index is -0.841. The number of rotatable bonds is 4. The van der Waals surface area contributed by atoms with Crippen LogP contribution in [-0.4, -0.2) is 16.6 Å². The second kappa shape index (κ2) is 4.23. The highest BCUT2D eigenvalue weighted by atomic mass is 16.5. The van der Waals surface area contributed by atoms with Crippen molar-refractivity contribution in [3.63, 3.8) is 0 Å². The van der Waals surface area contributed by atoms with E-state index in [1.54, 1.807) is 6.92 Å². The molecule has 0 aliphatic heterocycles. The maximum absolute atomic E-state index is 11.6. The van der Waals surface area contributed by atoms with Gasteiger partial charge in [-0.3, -0.25) is 4.79 Å². The molecule has 5 heteroatoms. The second-order valence-electron chi connectivity index (χ2n) is 3.53. The second-order valence-corrected chi connectivity index (χ2v) is 3.53. The van der Waals surface area contributed by atoms with Gasteiger partial charge in [0, 0.05) is 0 Å². The van der Waals surface area contributed by atoms with Crippen molar-refractivity contribution in [1.82, 2.24) is 5.16 Å². The topological polar surface area (TPSA) is 81.2 Å². The lowest BCUT2D eigenvalue weighted by atomic mass is 9.96. The summed E-state index contributed by atoms with van der Waals surface area (Å²) in [5, 5.41) is 6.10. The number of amides is 1. The third-order valence-corrected chi connectivity index (χ3v) is 1.98. The molecule has 78 valence electrons. The third kappa shape index (κ3) is 2.56. The number of nitrogens with two attached hydrogens (primary N) is 1. The molecule has 14 heavy (non-hydrogen) atoms. The Labute approximate surface area is 82.6 Å². The lowest BCUT2D eigenvalue weighted by molar-refractivity contribution is -0.120. The highest BCUT2D eigenvalue weighted by Gasteiger charge is 2.27.